The SMILES string of the molecule is Cl.O=S(=O)(O)O.[Ca+2].[Cl-].[Cl-].[H-].[H-].[H-].[Mg+2].[Na+]. The zero-order valence-electron chi connectivity index (χ0n) is 8.70. The molecule has 0 aliphatic heterocycles. The molecule has 0 rings (SSSR count). The Morgan fingerprint density at radius 1 is 1.09 bits per heavy atom. The van der Waals surface area contributed by atoms with E-state index < -0.39 is 10.4 Å². The topological polar surface area (TPSA) is 74.6 Å². The van der Waals surface area contributed by atoms with Gasteiger partial charge in [0.2, 0.25) is 0 Å². The maximum absolute atomic E-state index is 8.74. The van der Waals surface area contributed by atoms with Gasteiger partial charge in [0.1, 0.15) is 0 Å². The van der Waals surface area contributed by atoms with Gasteiger partial charge < -0.3 is 29.1 Å². The summed E-state index contributed by atoms with van der Waals surface area (Å²) in [6.07, 6.45) is 0. The molecule has 0 radical (unpaired) electrons. The van der Waals surface area contributed by atoms with E-state index in [1.54, 1.807) is 0 Å². The second-order valence-electron chi connectivity index (χ2n) is 0.448. The molecular formula is H6CaCl3MgNaO4S. The average molecular weight is 296 g/mol. The summed E-state index contributed by atoms with van der Waals surface area (Å²) >= 11 is 0. The van der Waals surface area contributed by atoms with Gasteiger partial charge in [0.05, 0.1) is 0 Å². The van der Waals surface area contributed by atoms with Crippen molar-refractivity contribution in [2.24, 2.45) is 0 Å². The average Bonchev–Trinajstić information content (AvgIpc) is 0.722. The van der Waals surface area contributed by atoms with Gasteiger partial charge in [-0.3, -0.25) is 9.11 Å². The van der Waals surface area contributed by atoms with Crippen LogP contribution in [0.5, 0.6) is 0 Å². The molecule has 0 fully saturated rings. The summed E-state index contributed by atoms with van der Waals surface area (Å²) in [6.45, 7) is 0. The van der Waals surface area contributed by atoms with Gasteiger partial charge in [-0.1, -0.05) is 0 Å². The molecule has 0 aliphatic carbocycles. The molecule has 0 atom stereocenters. The van der Waals surface area contributed by atoms with Crippen LogP contribution in [0.3, 0.4) is 0 Å². The van der Waals surface area contributed by atoms with Crippen molar-refractivity contribution in [3.05, 3.63) is 0 Å². The van der Waals surface area contributed by atoms with E-state index in [2.05, 4.69) is 0 Å². The van der Waals surface area contributed by atoms with E-state index >= 15 is 0 Å². The first-order valence-electron chi connectivity index (χ1n) is 0.698. The van der Waals surface area contributed by atoms with Crippen LogP contribution in [-0.2, 0) is 10.4 Å². The molecule has 0 saturated heterocycles. The van der Waals surface area contributed by atoms with Crippen LogP contribution < -0.4 is 54.4 Å². The van der Waals surface area contributed by atoms with Crippen molar-refractivity contribution in [2.75, 3.05) is 0 Å². The van der Waals surface area contributed by atoms with Gasteiger partial charge in [-0.05, 0) is 0 Å². The van der Waals surface area contributed by atoms with Crippen molar-refractivity contribution < 1.29 is 76.2 Å². The van der Waals surface area contributed by atoms with E-state index in [0.717, 1.165) is 0 Å². The molecule has 0 heterocycles. The van der Waals surface area contributed by atoms with Crippen LogP contribution in [0.15, 0.2) is 0 Å². The molecule has 2 N–H and O–H groups in total. The molecule has 0 aromatic rings. The molecule has 0 unspecified atom stereocenters. The number of halogens is 3. The Balaban J connectivity index is -0.00000000222. The molecule has 0 bridgehead atoms. The van der Waals surface area contributed by atoms with E-state index in [4.69, 9.17) is 17.5 Å². The van der Waals surface area contributed by atoms with Crippen LogP contribution in [-0.4, -0.2) is 78.3 Å². The Morgan fingerprint density at radius 3 is 1.09 bits per heavy atom. The first kappa shape index (κ1) is 46.4. The van der Waals surface area contributed by atoms with E-state index in [1.165, 1.54) is 0 Å². The van der Waals surface area contributed by atoms with E-state index in [-0.39, 0.29) is 132 Å². The van der Waals surface area contributed by atoms with Gasteiger partial charge in [-0.25, -0.2) is 0 Å². The summed E-state index contributed by atoms with van der Waals surface area (Å²) in [5, 5.41) is 0. The fourth-order valence-corrected chi connectivity index (χ4v) is 0. The molecule has 0 saturated carbocycles. The molecular weight excluding hydrogens is 290 g/mol. The number of rotatable bonds is 0. The van der Waals surface area contributed by atoms with E-state index in [1.807, 2.05) is 0 Å². The van der Waals surface area contributed by atoms with Crippen molar-refractivity contribution in [1.82, 2.24) is 0 Å². The van der Waals surface area contributed by atoms with E-state index in [9.17, 15) is 0 Å². The van der Waals surface area contributed by atoms with Gasteiger partial charge in [-0.15, -0.1) is 12.4 Å². The van der Waals surface area contributed by atoms with Gasteiger partial charge in [0.25, 0.3) is 0 Å². The van der Waals surface area contributed by atoms with Crippen LogP contribution >= 0.6 is 12.4 Å². The maximum Gasteiger partial charge on any atom is 2.00 e. The van der Waals surface area contributed by atoms with Crippen molar-refractivity contribution >= 4 is 83.6 Å². The molecule has 0 aliphatic rings. The third-order valence-corrected chi connectivity index (χ3v) is 0. The van der Waals surface area contributed by atoms with Crippen molar-refractivity contribution in [1.29, 1.82) is 0 Å². The molecule has 0 aromatic heterocycles. The second-order valence-corrected chi connectivity index (χ2v) is 1.34. The van der Waals surface area contributed by atoms with Crippen LogP contribution in [0.2, 0.25) is 0 Å². The number of hydrogen-bond acceptors (Lipinski definition) is 2. The Labute approximate surface area is 157 Å². The molecule has 11 heavy (non-hydrogen) atoms. The van der Waals surface area contributed by atoms with Crippen LogP contribution in [0.1, 0.15) is 4.28 Å². The first-order chi connectivity index (χ1) is 2.00. The summed E-state index contributed by atoms with van der Waals surface area (Å²) in [6, 6.07) is 0. The molecule has 0 amide bonds. The Morgan fingerprint density at radius 2 is 1.09 bits per heavy atom. The minimum absolute atomic E-state index is 0. The largest absolute Gasteiger partial charge is 2.00 e. The van der Waals surface area contributed by atoms with Crippen LogP contribution in [0.25, 0.3) is 0 Å². The molecule has 62 valence electrons. The van der Waals surface area contributed by atoms with Crippen molar-refractivity contribution in [2.45, 2.75) is 0 Å². The predicted octanol–water partition coefficient (Wildman–Crippen LogP) is -9.64. The zero-order chi connectivity index (χ0) is 4.50. The number of hydrogen-bond donors (Lipinski definition) is 2. The minimum Gasteiger partial charge on any atom is -1.00 e. The summed E-state index contributed by atoms with van der Waals surface area (Å²) in [4.78, 5) is 0. The second kappa shape index (κ2) is 23.5. The third kappa shape index (κ3) is 134. The van der Waals surface area contributed by atoms with E-state index in [0.29, 0.717) is 0 Å². The molecule has 0 aromatic carbocycles. The van der Waals surface area contributed by atoms with Crippen LogP contribution in [0, 0.1) is 0 Å². The van der Waals surface area contributed by atoms with Crippen molar-refractivity contribution in [3.63, 3.8) is 0 Å². The fourth-order valence-electron chi connectivity index (χ4n) is 0. The minimum atomic E-state index is -4.67. The first-order valence-corrected chi connectivity index (χ1v) is 2.10. The van der Waals surface area contributed by atoms with Gasteiger partial charge >= 0.3 is 101 Å². The molecule has 0 spiro atoms. The van der Waals surface area contributed by atoms with Crippen molar-refractivity contribution in [3.8, 4) is 0 Å². The summed E-state index contributed by atoms with van der Waals surface area (Å²) in [5.74, 6) is 0. The standard InChI is InChI=1S/Ca.3ClH.Mg.Na.H2O4S.3H/c;;;;;;1-5(2,3)4;;;/h;3*1H;;;(H2,1,2,3,4);;;/q+2;;;;+2;+1;;3*-1/p-2. The van der Waals surface area contributed by atoms with Crippen LogP contribution in [0.4, 0.5) is 0 Å². The van der Waals surface area contributed by atoms with Gasteiger partial charge in [0, 0.05) is 0 Å². The monoisotopic (exact) mass is 294 g/mol. The summed E-state index contributed by atoms with van der Waals surface area (Å²) in [7, 11) is -4.67. The normalized spacial score (nSPS) is 5.27. The third-order valence-electron chi connectivity index (χ3n) is 0. The quantitative estimate of drug-likeness (QED) is 0.344. The van der Waals surface area contributed by atoms with Gasteiger partial charge in [0.15, 0.2) is 0 Å². The zero-order valence-corrected chi connectivity index (χ0v) is 14.5. The maximum atomic E-state index is 8.74. The summed E-state index contributed by atoms with van der Waals surface area (Å²) in [5.41, 5.74) is 0. The molecule has 4 nitrogen and oxygen atoms in total. The van der Waals surface area contributed by atoms with Gasteiger partial charge in [-0.2, -0.15) is 8.42 Å². The Bertz CT molecular complexity index is 119. The Hall–Kier alpha value is 3.77. The smallest absolute Gasteiger partial charge is 1.00 e. The summed E-state index contributed by atoms with van der Waals surface area (Å²) < 4.78 is 31.6. The Kier molecular flexibility index (Phi) is 99.2. The molecule has 11 heteroatoms. The predicted molar refractivity (Wildman–Crippen MR) is 36.3 cm³/mol. The fraction of sp³-hybridized carbons (Fsp3) is 0.